The summed E-state index contributed by atoms with van der Waals surface area (Å²) in [5, 5.41) is 11.8. The van der Waals surface area contributed by atoms with E-state index in [0.717, 1.165) is 12.8 Å². The maximum Gasteiger partial charge on any atom is 0.306 e. The first kappa shape index (κ1) is 30.1. The fourth-order valence-electron chi connectivity index (χ4n) is 2.57. The van der Waals surface area contributed by atoms with Crippen molar-refractivity contribution in [1.29, 1.82) is 0 Å². The molecule has 0 N–H and O–H groups in total. The molecule has 0 amide bonds. The maximum atomic E-state index is 13.7. The van der Waals surface area contributed by atoms with E-state index in [1.807, 2.05) is 21.1 Å². The highest BCUT2D eigenvalue weighted by atomic mass is 79.9. The number of benzene rings is 1. The number of alkyl halides is 3. The fraction of sp³-hybridized carbons (Fsp3) is 0.579. The molecule has 0 radical (unpaired) electrons. The van der Waals surface area contributed by atoms with E-state index in [4.69, 9.17) is 27.9 Å². The number of quaternary nitrogens is 1. The van der Waals surface area contributed by atoms with Crippen LogP contribution in [0.3, 0.4) is 0 Å². The molecule has 0 aromatic heterocycles. The molecule has 1 rings (SSSR count). The predicted octanol–water partition coefficient (Wildman–Crippen LogP) is 2.64. The molecule has 0 fully saturated rings. The molecule has 7 nitrogen and oxygen atoms in total. The van der Waals surface area contributed by atoms with Gasteiger partial charge in [-0.1, -0.05) is 35.3 Å². The SMILES string of the molecule is Br.C[N+](C)(C)CCCC(=O)O[C@H](c1ccc(S(C)(=O)=O)cc1)[C@@H](CF)N=C([O-])C(Cl)Cl. The summed E-state index contributed by atoms with van der Waals surface area (Å²) >= 11 is 11.0. The summed E-state index contributed by atoms with van der Waals surface area (Å²) in [4.78, 5) is 14.6. The quantitative estimate of drug-likeness (QED) is 0.135. The molecule has 0 bridgehead atoms. The average Bonchev–Trinajstić information content (AvgIpc) is 2.62. The van der Waals surface area contributed by atoms with Gasteiger partial charge in [0, 0.05) is 12.7 Å². The van der Waals surface area contributed by atoms with Crippen molar-refractivity contribution >= 4 is 61.9 Å². The maximum absolute atomic E-state index is 13.7. The van der Waals surface area contributed by atoms with Gasteiger partial charge in [-0.05, 0) is 23.6 Å². The van der Waals surface area contributed by atoms with Crippen LogP contribution in [0.25, 0.3) is 0 Å². The molecule has 0 saturated carbocycles. The van der Waals surface area contributed by atoms with Crippen LogP contribution >= 0.6 is 40.2 Å². The van der Waals surface area contributed by atoms with Gasteiger partial charge in [0.25, 0.3) is 0 Å². The standard InChI is InChI=1S/C19H27Cl2FN2O5S.BrH/c1-24(2,3)11-5-6-16(25)29-17(15(12-22)23-19(26)18(20)21)13-7-9-14(10-8-13)30(4,27)28;/h7-10,15,17-18H,5-6,11-12H2,1-4H3;1H/t15-,17-;/m1./s1. The second-order valence-corrected chi connectivity index (χ2v) is 11.0. The second kappa shape index (κ2) is 12.9. The minimum atomic E-state index is -3.45. The van der Waals surface area contributed by atoms with E-state index in [2.05, 4.69) is 4.99 Å². The molecule has 2 atom stereocenters. The van der Waals surface area contributed by atoms with E-state index in [9.17, 15) is 22.7 Å². The van der Waals surface area contributed by atoms with Crippen LogP contribution in [0.5, 0.6) is 0 Å². The van der Waals surface area contributed by atoms with Crippen molar-refractivity contribution in [3.05, 3.63) is 29.8 Å². The number of sulfone groups is 1. The number of esters is 1. The summed E-state index contributed by atoms with van der Waals surface area (Å²) in [5.41, 5.74) is 0.294. The molecule has 0 aliphatic carbocycles. The van der Waals surface area contributed by atoms with Gasteiger partial charge in [-0.25, -0.2) is 12.8 Å². The number of halogens is 4. The fourth-order valence-corrected chi connectivity index (χ4v) is 3.32. The Hall–Kier alpha value is -0.940. The third-order valence-electron chi connectivity index (χ3n) is 4.09. The summed E-state index contributed by atoms with van der Waals surface area (Å²) in [6.45, 7) is -0.394. The summed E-state index contributed by atoms with van der Waals surface area (Å²) < 4.78 is 43.1. The summed E-state index contributed by atoms with van der Waals surface area (Å²) in [6.07, 6.45) is 0.446. The van der Waals surface area contributed by atoms with Crippen molar-refractivity contribution < 1.29 is 31.9 Å². The highest BCUT2D eigenvalue weighted by molar-refractivity contribution is 8.93. The number of aliphatic imine (C=N–C) groups is 1. The van der Waals surface area contributed by atoms with Gasteiger partial charge in [0.05, 0.1) is 39.0 Å². The zero-order valence-electron chi connectivity index (χ0n) is 17.8. The summed E-state index contributed by atoms with van der Waals surface area (Å²) in [7, 11) is 2.50. The number of carbonyl (C=O) groups excluding carboxylic acids is 1. The Bertz CT molecular complexity index is 846. The smallest absolute Gasteiger partial charge is 0.306 e. The molecule has 0 saturated heterocycles. The molecule has 0 heterocycles. The highest BCUT2D eigenvalue weighted by Gasteiger charge is 2.28. The van der Waals surface area contributed by atoms with Crippen molar-refractivity contribution in [2.24, 2.45) is 4.99 Å². The Morgan fingerprint density at radius 2 is 1.77 bits per heavy atom. The van der Waals surface area contributed by atoms with Gasteiger partial charge in [-0.15, -0.1) is 17.0 Å². The van der Waals surface area contributed by atoms with E-state index >= 15 is 0 Å². The summed E-state index contributed by atoms with van der Waals surface area (Å²) in [6, 6.07) is 4.03. The van der Waals surface area contributed by atoms with Gasteiger partial charge in [-0.3, -0.25) is 9.79 Å². The minimum absolute atomic E-state index is 0. The van der Waals surface area contributed by atoms with Crippen LogP contribution in [-0.4, -0.2) is 76.3 Å². The van der Waals surface area contributed by atoms with Crippen molar-refractivity contribution in [3.8, 4) is 0 Å². The lowest BCUT2D eigenvalue weighted by atomic mass is 10.0. The van der Waals surface area contributed by atoms with E-state index in [-0.39, 0.29) is 28.3 Å². The molecule has 0 unspecified atom stereocenters. The van der Waals surface area contributed by atoms with Crippen LogP contribution in [0.2, 0.25) is 0 Å². The monoisotopic (exact) mass is 564 g/mol. The van der Waals surface area contributed by atoms with Gasteiger partial charge in [0.15, 0.2) is 15.9 Å². The molecule has 1 aromatic rings. The Balaban J connectivity index is 0.00000900. The van der Waals surface area contributed by atoms with E-state index in [1.165, 1.54) is 24.3 Å². The van der Waals surface area contributed by atoms with Crippen molar-refractivity contribution in [3.63, 3.8) is 0 Å². The first-order chi connectivity index (χ1) is 13.7. The predicted molar refractivity (Wildman–Crippen MR) is 124 cm³/mol. The van der Waals surface area contributed by atoms with Crippen molar-refractivity contribution in [1.82, 2.24) is 0 Å². The van der Waals surface area contributed by atoms with Crippen LogP contribution in [0.1, 0.15) is 24.5 Å². The van der Waals surface area contributed by atoms with Gasteiger partial charge in [0.1, 0.15) is 17.6 Å². The molecule has 31 heavy (non-hydrogen) atoms. The molecule has 0 aliphatic heterocycles. The minimum Gasteiger partial charge on any atom is -0.860 e. The molecule has 12 heteroatoms. The number of hydrogen-bond donors (Lipinski definition) is 0. The van der Waals surface area contributed by atoms with Crippen molar-refractivity contribution in [2.45, 2.75) is 34.7 Å². The first-order valence-corrected chi connectivity index (χ1v) is 11.9. The number of hydrogen-bond acceptors (Lipinski definition) is 6. The third-order valence-corrected chi connectivity index (χ3v) is 5.59. The Kier molecular flexibility index (Phi) is 12.5. The van der Waals surface area contributed by atoms with Crippen LogP contribution in [0.15, 0.2) is 34.2 Å². The number of carbonyl (C=O) groups is 1. The molecular weight excluding hydrogens is 538 g/mol. The van der Waals surface area contributed by atoms with Crippen LogP contribution in [0.4, 0.5) is 4.39 Å². The van der Waals surface area contributed by atoms with Gasteiger partial charge in [0.2, 0.25) is 0 Å². The second-order valence-electron chi connectivity index (χ2n) is 7.86. The lowest BCUT2D eigenvalue weighted by Crippen LogP contribution is -2.35. The number of ether oxygens (including phenoxy) is 1. The zero-order valence-corrected chi connectivity index (χ0v) is 21.8. The third kappa shape index (κ3) is 11.0. The number of nitrogens with zero attached hydrogens (tertiary/aromatic N) is 2. The van der Waals surface area contributed by atoms with Gasteiger partial charge in [-0.2, -0.15) is 0 Å². The van der Waals surface area contributed by atoms with E-state index in [1.54, 1.807) is 0 Å². The summed E-state index contributed by atoms with van der Waals surface area (Å²) in [5.74, 6) is -1.55. The Morgan fingerprint density at radius 3 is 2.19 bits per heavy atom. The van der Waals surface area contributed by atoms with Crippen LogP contribution in [-0.2, 0) is 19.4 Å². The zero-order chi connectivity index (χ0) is 23.1. The highest BCUT2D eigenvalue weighted by Crippen LogP contribution is 2.27. The molecular formula is C19H28BrCl2FN2O5S. The Morgan fingerprint density at radius 1 is 1.23 bits per heavy atom. The lowest BCUT2D eigenvalue weighted by molar-refractivity contribution is -0.870. The van der Waals surface area contributed by atoms with E-state index in [0.29, 0.717) is 16.5 Å². The Labute approximate surface area is 203 Å². The molecule has 1 aromatic carbocycles. The van der Waals surface area contributed by atoms with Gasteiger partial charge < -0.3 is 14.3 Å². The topological polar surface area (TPSA) is 95.9 Å². The van der Waals surface area contributed by atoms with Crippen LogP contribution < -0.4 is 5.11 Å². The lowest BCUT2D eigenvalue weighted by Gasteiger charge is -2.26. The largest absolute Gasteiger partial charge is 0.860 e. The van der Waals surface area contributed by atoms with Gasteiger partial charge >= 0.3 is 5.97 Å². The molecule has 0 aliphatic rings. The molecule has 0 spiro atoms. The van der Waals surface area contributed by atoms with Crippen molar-refractivity contribution in [2.75, 3.05) is 40.6 Å². The normalized spacial score (nSPS) is 14.6. The van der Waals surface area contributed by atoms with E-state index < -0.39 is 45.4 Å². The van der Waals surface area contributed by atoms with Crippen LogP contribution in [0, 0.1) is 0 Å². The average molecular weight is 566 g/mol. The first-order valence-electron chi connectivity index (χ1n) is 9.13. The number of rotatable bonds is 11. The molecule has 178 valence electrons.